The van der Waals surface area contributed by atoms with Crippen LogP contribution >= 0.6 is 0 Å². The van der Waals surface area contributed by atoms with Gasteiger partial charge in [0, 0.05) is 37.6 Å². The molecule has 0 bridgehead atoms. The van der Waals surface area contributed by atoms with E-state index >= 15 is 0 Å². The average Bonchev–Trinajstić information content (AvgIpc) is 2.71. The fraction of sp³-hybridized carbons (Fsp3) is 0.300. The third-order valence-corrected chi connectivity index (χ3v) is 3.99. The van der Waals surface area contributed by atoms with Gasteiger partial charge < -0.3 is 10.6 Å². The first-order valence-electron chi connectivity index (χ1n) is 9.36. The molecule has 0 aliphatic carbocycles. The van der Waals surface area contributed by atoms with Crippen molar-refractivity contribution in [1.82, 2.24) is 20.9 Å². The normalized spacial score (nSPS) is 10.6. The van der Waals surface area contributed by atoms with E-state index in [0.717, 1.165) is 11.4 Å². The maximum absolute atomic E-state index is 12.1. The number of nitrogens with one attached hydrogen (secondary N) is 4. The van der Waals surface area contributed by atoms with E-state index in [2.05, 4.69) is 21.5 Å². The van der Waals surface area contributed by atoms with Crippen LogP contribution in [-0.2, 0) is 0 Å². The Bertz CT molecular complexity index is 662. The van der Waals surface area contributed by atoms with Crippen LogP contribution in [0.15, 0.2) is 60.7 Å². The number of benzene rings is 2. The Balaban J connectivity index is 1.76. The van der Waals surface area contributed by atoms with Crippen molar-refractivity contribution in [2.45, 2.75) is 13.8 Å². The van der Waals surface area contributed by atoms with Crippen LogP contribution in [0.4, 0.5) is 21.0 Å². The second-order valence-corrected chi connectivity index (χ2v) is 6.02. The van der Waals surface area contributed by atoms with Crippen molar-refractivity contribution >= 4 is 23.4 Å². The van der Waals surface area contributed by atoms with Gasteiger partial charge in [-0.05, 0) is 24.3 Å². The van der Waals surface area contributed by atoms with Gasteiger partial charge in [0.1, 0.15) is 0 Å². The second-order valence-electron chi connectivity index (χ2n) is 6.02. The molecule has 2 aromatic rings. The van der Waals surface area contributed by atoms with Crippen LogP contribution in [0.3, 0.4) is 0 Å². The van der Waals surface area contributed by atoms with E-state index in [-0.39, 0.29) is 12.1 Å². The van der Waals surface area contributed by atoms with Crippen LogP contribution in [0.2, 0.25) is 0 Å². The molecule has 0 fully saturated rings. The van der Waals surface area contributed by atoms with Gasteiger partial charge in [-0.1, -0.05) is 50.2 Å². The van der Waals surface area contributed by atoms with Crippen molar-refractivity contribution in [3.8, 4) is 0 Å². The number of hydrogen-bond acceptors (Lipinski definition) is 4. The van der Waals surface area contributed by atoms with Crippen molar-refractivity contribution in [3.05, 3.63) is 60.7 Å². The largest absolute Gasteiger partial charge is 0.333 e. The Hall–Kier alpha value is -3.10. The van der Waals surface area contributed by atoms with Crippen LogP contribution in [0.25, 0.3) is 0 Å². The molecule has 150 valence electrons. The summed E-state index contributed by atoms with van der Waals surface area (Å²) in [6.07, 6.45) is 0. The zero-order chi connectivity index (χ0) is 20.2. The van der Waals surface area contributed by atoms with E-state index in [1.165, 1.54) is 0 Å². The van der Waals surface area contributed by atoms with E-state index in [9.17, 15) is 9.59 Å². The molecule has 0 aromatic heterocycles. The Morgan fingerprint density at radius 2 is 1.04 bits per heavy atom. The number of anilines is 2. The molecule has 0 radical (unpaired) electrons. The number of para-hydroxylation sites is 2. The summed E-state index contributed by atoms with van der Waals surface area (Å²) in [4.78, 5) is 24.2. The van der Waals surface area contributed by atoms with Gasteiger partial charge in [-0.25, -0.2) is 19.6 Å². The minimum absolute atomic E-state index is 0.300. The van der Waals surface area contributed by atoms with Gasteiger partial charge in [0.05, 0.1) is 0 Å². The minimum Gasteiger partial charge on any atom is -0.307 e. The summed E-state index contributed by atoms with van der Waals surface area (Å²) in [6.45, 7) is 6.28. The Morgan fingerprint density at radius 1 is 0.679 bits per heavy atom. The summed E-state index contributed by atoms with van der Waals surface area (Å²) >= 11 is 0. The number of carbonyl (C=O) groups is 2. The molecule has 4 amide bonds. The topological polar surface area (TPSA) is 88.7 Å². The lowest BCUT2D eigenvalue weighted by Gasteiger charge is -2.26. The molecule has 0 unspecified atom stereocenters. The fourth-order valence-electron chi connectivity index (χ4n) is 2.48. The van der Waals surface area contributed by atoms with Crippen molar-refractivity contribution in [1.29, 1.82) is 0 Å². The summed E-state index contributed by atoms with van der Waals surface area (Å²) in [5.74, 6) is 0. The first kappa shape index (κ1) is 21.2. The van der Waals surface area contributed by atoms with Crippen LogP contribution in [0.5, 0.6) is 0 Å². The number of likely N-dealkylation sites (N-methyl/N-ethyl adjacent to an activating group) is 2. The molecule has 28 heavy (non-hydrogen) atoms. The summed E-state index contributed by atoms with van der Waals surface area (Å²) in [6, 6.07) is 17.9. The lowest BCUT2D eigenvalue weighted by Crippen LogP contribution is -2.51. The molecule has 0 atom stereocenters. The van der Waals surface area contributed by atoms with Crippen molar-refractivity contribution < 1.29 is 9.59 Å². The molecule has 2 rings (SSSR count). The summed E-state index contributed by atoms with van der Waals surface area (Å²) in [5.41, 5.74) is 7.09. The first-order chi connectivity index (χ1) is 13.6. The van der Waals surface area contributed by atoms with E-state index in [1.807, 2.05) is 74.5 Å². The summed E-state index contributed by atoms with van der Waals surface area (Å²) in [5, 5.41) is 9.14. The molecule has 0 aliphatic rings. The van der Waals surface area contributed by atoms with E-state index in [0.29, 0.717) is 26.2 Å². The highest BCUT2D eigenvalue weighted by Crippen LogP contribution is 2.05. The van der Waals surface area contributed by atoms with Gasteiger partial charge >= 0.3 is 12.1 Å². The number of nitrogens with zero attached hydrogens (tertiary/aromatic N) is 2. The molecule has 0 spiro atoms. The number of carbonyl (C=O) groups excluding carboxylic acids is 2. The molecule has 8 nitrogen and oxygen atoms in total. The van der Waals surface area contributed by atoms with Crippen LogP contribution in [0, 0.1) is 0 Å². The van der Waals surface area contributed by atoms with E-state index in [4.69, 9.17) is 0 Å². The standard InChI is InChI=1S/C20H28N6O2/c1-3-25(23-19(27)21-17-11-7-5-8-12-17)15-16-26(4-2)24-20(28)22-18-13-9-6-10-14-18/h5-14H,3-4,15-16H2,1-2H3,(H2,21,23,27)(H2,22,24,28). The van der Waals surface area contributed by atoms with Gasteiger partial charge in [0.2, 0.25) is 0 Å². The maximum Gasteiger partial charge on any atom is 0.333 e. The molecule has 4 N–H and O–H groups in total. The Labute approximate surface area is 165 Å². The number of hydrazine groups is 2. The molecule has 0 saturated heterocycles. The number of amides is 4. The zero-order valence-corrected chi connectivity index (χ0v) is 16.3. The molecular formula is C20H28N6O2. The van der Waals surface area contributed by atoms with Gasteiger partial charge in [-0.15, -0.1) is 0 Å². The molecular weight excluding hydrogens is 356 g/mol. The van der Waals surface area contributed by atoms with Crippen molar-refractivity contribution in [2.24, 2.45) is 0 Å². The predicted octanol–water partition coefficient (Wildman–Crippen LogP) is 3.10. The minimum atomic E-state index is -0.300. The Kier molecular flexibility index (Phi) is 8.77. The van der Waals surface area contributed by atoms with Gasteiger partial charge in [0.15, 0.2) is 0 Å². The van der Waals surface area contributed by atoms with Crippen molar-refractivity contribution in [2.75, 3.05) is 36.8 Å². The lowest BCUT2D eigenvalue weighted by atomic mass is 10.3. The highest BCUT2D eigenvalue weighted by molar-refractivity contribution is 5.89. The third kappa shape index (κ3) is 7.65. The SMILES string of the molecule is CCN(CCN(CC)NC(=O)Nc1ccccc1)NC(=O)Nc1ccccc1. The van der Waals surface area contributed by atoms with Gasteiger partial charge in [0.25, 0.3) is 0 Å². The number of rotatable bonds is 9. The lowest BCUT2D eigenvalue weighted by molar-refractivity contribution is 0.144. The van der Waals surface area contributed by atoms with Crippen LogP contribution in [-0.4, -0.2) is 48.3 Å². The third-order valence-electron chi connectivity index (χ3n) is 3.99. The molecule has 2 aromatic carbocycles. The fourth-order valence-corrected chi connectivity index (χ4v) is 2.48. The van der Waals surface area contributed by atoms with Crippen LogP contribution < -0.4 is 21.5 Å². The second kappa shape index (κ2) is 11.6. The summed E-state index contributed by atoms with van der Waals surface area (Å²) < 4.78 is 0. The van der Waals surface area contributed by atoms with Crippen LogP contribution in [0.1, 0.15) is 13.8 Å². The molecule has 8 heteroatoms. The predicted molar refractivity (Wildman–Crippen MR) is 112 cm³/mol. The summed E-state index contributed by atoms with van der Waals surface area (Å²) in [7, 11) is 0. The monoisotopic (exact) mass is 384 g/mol. The smallest absolute Gasteiger partial charge is 0.307 e. The van der Waals surface area contributed by atoms with Gasteiger partial charge in [-0.2, -0.15) is 0 Å². The quantitative estimate of drug-likeness (QED) is 0.500. The first-order valence-corrected chi connectivity index (χ1v) is 9.36. The Morgan fingerprint density at radius 3 is 1.36 bits per heavy atom. The molecule has 0 aliphatic heterocycles. The molecule has 0 heterocycles. The highest BCUT2D eigenvalue weighted by Gasteiger charge is 2.12. The average molecular weight is 384 g/mol. The zero-order valence-electron chi connectivity index (χ0n) is 16.3. The maximum atomic E-state index is 12.1. The number of hydrogen-bond donors (Lipinski definition) is 4. The van der Waals surface area contributed by atoms with E-state index in [1.54, 1.807) is 10.0 Å². The van der Waals surface area contributed by atoms with Crippen molar-refractivity contribution in [3.63, 3.8) is 0 Å². The van der Waals surface area contributed by atoms with Gasteiger partial charge in [-0.3, -0.25) is 10.9 Å². The number of urea groups is 2. The molecule has 0 saturated carbocycles. The highest BCUT2D eigenvalue weighted by atomic mass is 16.2. The van der Waals surface area contributed by atoms with E-state index < -0.39 is 0 Å².